The van der Waals surface area contributed by atoms with Gasteiger partial charge in [-0.15, -0.1) is 0 Å². The van der Waals surface area contributed by atoms with Crippen molar-refractivity contribution < 1.29 is 0 Å². The Morgan fingerprint density at radius 1 is 0.783 bits per heavy atom. The molecule has 0 fully saturated rings. The number of hydrogen-bond acceptors (Lipinski definition) is 5. The number of benzene rings is 2. The van der Waals surface area contributed by atoms with E-state index in [9.17, 15) is 0 Å². The van der Waals surface area contributed by atoms with E-state index < -0.39 is 0 Å². The van der Waals surface area contributed by atoms with E-state index in [1.54, 1.807) is 0 Å². The summed E-state index contributed by atoms with van der Waals surface area (Å²) in [4.78, 5) is 15.6. The number of hydrogen-bond donors (Lipinski definition) is 0. The summed E-state index contributed by atoms with van der Waals surface area (Å²) in [5, 5.41) is 0.544. The molecule has 2 aromatic carbocycles. The van der Waals surface area contributed by atoms with Gasteiger partial charge in [-0.1, -0.05) is 5.04 Å². The number of aliphatic imine (C=N–C) groups is 4. The molecule has 2 aromatic rings. The molecule has 113 valence electrons. The number of amidine groups is 1. The van der Waals surface area contributed by atoms with Crippen LogP contribution >= 0.6 is 0 Å². The topological polar surface area (TPSA) is 49.4 Å². The molecule has 23 heavy (non-hydrogen) atoms. The van der Waals surface area contributed by atoms with E-state index in [-0.39, 0.29) is 27.7 Å². The Balaban J connectivity index is 0.000000140. The van der Waals surface area contributed by atoms with Gasteiger partial charge in [0.2, 0.25) is 0 Å². The third-order valence-electron chi connectivity index (χ3n) is 3.03. The van der Waals surface area contributed by atoms with Crippen molar-refractivity contribution in [1.82, 2.24) is 0 Å². The second-order valence-electron chi connectivity index (χ2n) is 4.65. The standard InChI is InChI=1S/2C6H5.C5H4N4S.Sb/c2*1-2-4-6-5-3-1;10-5-3-4(7-1-6-3)8-2-9-5;/h2*1-5H;1-3H,(H,6,7,8,9,10);/p-1. The minimum absolute atomic E-state index is 0.181. The summed E-state index contributed by atoms with van der Waals surface area (Å²) in [7, 11) is 0. The number of rotatable bonds is 2. The van der Waals surface area contributed by atoms with E-state index in [0.717, 1.165) is 0 Å². The molecule has 4 rings (SSSR count). The van der Waals surface area contributed by atoms with E-state index in [1.165, 1.54) is 19.7 Å². The van der Waals surface area contributed by atoms with E-state index in [1.807, 2.05) is 0 Å². The molecule has 1 atom stereocenters. The summed E-state index contributed by atoms with van der Waals surface area (Å²) in [5.41, 5.74) is 0. The monoisotopic (exact) mass is 426 g/mol. The predicted molar refractivity (Wildman–Crippen MR) is 101 cm³/mol. The minimum atomic E-state index is -0.335. The Bertz CT molecular complexity index is 732. The molecule has 0 bridgehead atoms. The average molecular weight is 427 g/mol. The summed E-state index contributed by atoms with van der Waals surface area (Å²) in [6.45, 7) is 0. The summed E-state index contributed by atoms with van der Waals surface area (Å²) < 4.78 is 3.04. The van der Waals surface area contributed by atoms with Crippen molar-refractivity contribution in [2.75, 3.05) is 0 Å². The zero-order valence-corrected chi connectivity index (χ0v) is 15.5. The molecule has 1 radical (unpaired) electrons. The van der Waals surface area contributed by atoms with Gasteiger partial charge in [0, 0.05) is 0 Å². The Hall–Kier alpha value is -1.84. The number of fused-ring (bicyclic) bond motifs is 1. The molecule has 1 unspecified atom stereocenters. The number of nitrogens with zero attached hydrogens (tertiary/aromatic N) is 4. The summed E-state index contributed by atoms with van der Waals surface area (Å²) >= 11 is 4.56. The summed E-state index contributed by atoms with van der Waals surface area (Å²) in [6.07, 6.45) is 2.87. The van der Waals surface area contributed by atoms with Crippen LogP contribution < -0.4 is 7.02 Å². The molecule has 0 aromatic heterocycles. The Labute approximate surface area is 151 Å². The molecular weight excluding hydrogens is 414 g/mol. The first-order valence-electron chi connectivity index (χ1n) is 7.01. The second kappa shape index (κ2) is 8.13. The first-order chi connectivity index (χ1) is 11.3. The van der Waals surface area contributed by atoms with Gasteiger partial charge in [0.15, 0.2) is 5.84 Å². The van der Waals surface area contributed by atoms with Crippen molar-refractivity contribution in [3.05, 3.63) is 60.7 Å². The van der Waals surface area contributed by atoms with Gasteiger partial charge in [0.1, 0.15) is 18.7 Å². The van der Waals surface area contributed by atoms with Crippen molar-refractivity contribution in [3.8, 4) is 0 Å². The van der Waals surface area contributed by atoms with Crippen LogP contribution in [0, 0.1) is 0 Å². The summed E-state index contributed by atoms with van der Waals surface area (Å²) in [6, 6.07) is 21.3. The molecule has 2 aliphatic rings. The SMILES string of the molecule is [S-]C1=NC=NC2=NC=NC12.c1cc[c]([Sb][c]2ccccc2)cc1. The van der Waals surface area contributed by atoms with E-state index >= 15 is 0 Å². The van der Waals surface area contributed by atoms with Gasteiger partial charge in [0.25, 0.3) is 0 Å². The van der Waals surface area contributed by atoms with Crippen LogP contribution in [0.5, 0.6) is 0 Å². The van der Waals surface area contributed by atoms with Crippen LogP contribution in [0.15, 0.2) is 80.6 Å². The fraction of sp³-hybridized carbons (Fsp3) is 0.0588. The van der Waals surface area contributed by atoms with Gasteiger partial charge >= 0.3 is 89.3 Å². The quantitative estimate of drug-likeness (QED) is 0.524. The molecule has 2 aliphatic heterocycles. The van der Waals surface area contributed by atoms with Crippen molar-refractivity contribution in [1.29, 1.82) is 0 Å². The van der Waals surface area contributed by atoms with Gasteiger partial charge in [-0.05, 0) is 0 Å². The first kappa shape index (κ1) is 16.0. The molecular formula is C17H13N4SSb-. The Morgan fingerprint density at radius 2 is 1.39 bits per heavy atom. The van der Waals surface area contributed by atoms with Gasteiger partial charge in [-0.25, -0.2) is 9.98 Å². The molecule has 6 heteroatoms. The van der Waals surface area contributed by atoms with Gasteiger partial charge in [-0.3, -0.25) is 9.98 Å². The van der Waals surface area contributed by atoms with Crippen LogP contribution in [0.4, 0.5) is 0 Å². The maximum absolute atomic E-state index is 4.89. The van der Waals surface area contributed by atoms with E-state index in [0.29, 0.717) is 10.9 Å². The van der Waals surface area contributed by atoms with Gasteiger partial charge < -0.3 is 12.6 Å². The molecule has 0 amide bonds. The molecule has 0 saturated heterocycles. The van der Waals surface area contributed by atoms with E-state index in [2.05, 4.69) is 80.6 Å². The molecule has 0 aliphatic carbocycles. The Kier molecular flexibility index (Phi) is 5.67. The molecule has 0 saturated carbocycles. The van der Waals surface area contributed by atoms with Crippen molar-refractivity contribution >= 4 is 64.8 Å². The Morgan fingerprint density at radius 3 is 1.96 bits per heavy atom. The molecule has 0 N–H and O–H groups in total. The normalized spacial score (nSPS) is 17.7. The van der Waals surface area contributed by atoms with E-state index in [4.69, 9.17) is 12.6 Å². The zero-order chi connectivity index (χ0) is 15.9. The van der Waals surface area contributed by atoms with Crippen LogP contribution in [-0.4, -0.2) is 51.2 Å². The van der Waals surface area contributed by atoms with Crippen molar-refractivity contribution in [3.63, 3.8) is 0 Å². The first-order valence-corrected chi connectivity index (χ1v) is 9.97. The third kappa shape index (κ3) is 4.56. The van der Waals surface area contributed by atoms with Crippen LogP contribution in [-0.2, 0) is 12.6 Å². The average Bonchev–Trinajstić information content (AvgIpc) is 3.08. The predicted octanol–water partition coefficient (Wildman–Crippen LogP) is 1.12. The summed E-state index contributed by atoms with van der Waals surface area (Å²) in [5.74, 6) is 0.653. The van der Waals surface area contributed by atoms with Crippen LogP contribution in [0.1, 0.15) is 0 Å². The van der Waals surface area contributed by atoms with Gasteiger partial charge in [-0.2, -0.15) is 0 Å². The second-order valence-corrected chi connectivity index (χ2v) is 8.65. The molecule has 4 nitrogen and oxygen atoms in total. The molecule has 0 spiro atoms. The third-order valence-corrected chi connectivity index (χ3v) is 6.53. The van der Waals surface area contributed by atoms with Crippen LogP contribution in [0.3, 0.4) is 0 Å². The fourth-order valence-electron chi connectivity index (χ4n) is 1.94. The maximum atomic E-state index is 4.89. The van der Waals surface area contributed by atoms with Crippen molar-refractivity contribution in [2.24, 2.45) is 20.0 Å². The van der Waals surface area contributed by atoms with Crippen molar-refractivity contribution in [2.45, 2.75) is 6.04 Å². The fourth-order valence-corrected chi connectivity index (χ4v) is 4.84. The van der Waals surface area contributed by atoms with Crippen LogP contribution in [0.2, 0.25) is 0 Å². The zero-order valence-electron chi connectivity index (χ0n) is 12.1. The van der Waals surface area contributed by atoms with Gasteiger partial charge in [0.05, 0.1) is 0 Å². The van der Waals surface area contributed by atoms with Crippen LogP contribution in [0.25, 0.3) is 0 Å². The molecule has 2 heterocycles.